The lowest BCUT2D eigenvalue weighted by molar-refractivity contribution is 0.127. The Morgan fingerprint density at radius 1 is 1.00 bits per heavy atom. The van der Waals surface area contributed by atoms with Crippen molar-refractivity contribution < 1.29 is 13.2 Å². The predicted molar refractivity (Wildman–Crippen MR) is 92.5 cm³/mol. The van der Waals surface area contributed by atoms with Gasteiger partial charge in [-0.25, -0.2) is 23.1 Å². The van der Waals surface area contributed by atoms with Gasteiger partial charge in [-0.05, 0) is 43.3 Å². The first-order chi connectivity index (χ1) is 12.5. The number of nitrogens with zero attached hydrogens (tertiary/aromatic N) is 4. The number of aryl methyl sites for hydroxylation is 1. The molecule has 0 amide bonds. The van der Waals surface area contributed by atoms with Gasteiger partial charge in [-0.3, -0.25) is 0 Å². The van der Waals surface area contributed by atoms with Crippen molar-refractivity contribution in [2.24, 2.45) is 0 Å². The Morgan fingerprint density at radius 3 is 2.46 bits per heavy atom. The maximum Gasteiger partial charge on any atom is 0.256 e. The number of fused-ring (bicyclic) bond motifs is 1. The molecule has 0 aliphatic rings. The van der Waals surface area contributed by atoms with E-state index in [0.717, 1.165) is 16.9 Å². The second-order valence-corrected chi connectivity index (χ2v) is 6.04. The van der Waals surface area contributed by atoms with Crippen molar-refractivity contribution in [3.63, 3.8) is 0 Å². The minimum absolute atomic E-state index is 0.363. The van der Waals surface area contributed by atoms with E-state index in [-0.39, 0.29) is 5.82 Å². The zero-order valence-corrected chi connectivity index (χ0v) is 13.9. The summed E-state index contributed by atoms with van der Waals surface area (Å²) in [5.74, 6) is -0.363. The number of halogens is 3. The van der Waals surface area contributed by atoms with Crippen LogP contribution >= 0.6 is 0 Å². The van der Waals surface area contributed by atoms with E-state index < -0.39 is 13.0 Å². The van der Waals surface area contributed by atoms with E-state index in [0.29, 0.717) is 17.0 Å². The lowest BCUT2D eigenvalue weighted by Gasteiger charge is -2.11. The number of aromatic nitrogens is 4. The van der Waals surface area contributed by atoms with Crippen LogP contribution in [0.2, 0.25) is 0 Å². The first-order valence-electron chi connectivity index (χ1n) is 8.06. The van der Waals surface area contributed by atoms with Crippen LogP contribution in [0.25, 0.3) is 28.2 Å². The molecule has 1 aromatic carbocycles. The molecule has 7 heteroatoms. The van der Waals surface area contributed by atoms with Crippen LogP contribution in [0.3, 0.4) is 0 Å². The van der Waals surface area contributed by atoms with Crippen LogP contribution in [0, 0.1) is 12.7 Å². The van der Waals surface area contributed by atoms with Gasteiger partial charge in [0, 0.05) is 29.2 Å². The normalized spacial score (nSPS) is 11.6. The highest BCUT2D eigenvalue weighted by Gasteiger charge is 2.18. The zero-order chi connectivity index (χ0) is 18.3. The number of alkyl halides is 2. The van der Waals surface area contributed by atoms with E-state index in [1.54, 1.807) is 18.3 Å². The van der Waals surface area contributed by atoms with E-state index in [1.807, 2.05) is 29.7 Å². The van der Waals surface area contributed by atoms with Crippen molar-refractivity contribution in [1.82, 2.24) is 18.9 Å². The molecule has 0 fully saturated rings. The van der Waals surface area contributed by atoms with E-state index >= 15 is 0 Å². The third-order valence-electron chi connectivity index (χ3n) is 4.25. The predicted octanol–water partition coefficient (Wildman–Crippen LogP) is 4.58. The van der Waals surface area contributed by atoms with E-state index in [2.05, 4.69) is 9.97 Å². The quantitative estimate of drug-likeness (QED) is 0.537. The van der Waals surface area contributed by atoms with Gasteiger partial charge < -0.3 is 8.97 Å². The summed E-state index contributed by atoms with van der Waals surface area (Å²) in [6, 6.07) is 9.50. The minimum atomic E-state index is -2.51. The second-order valence-electron chi connectivity index (χ2n) is 6.04. The monoisotopic (exact) mass is 356 g/mol. The Balaban J connectivity index is 1.92. The molecule has 0 aliphatic heterocycles. The average Bonchev–Trinajstić information content (AvgIpc) is 3.19. The van der Waals surface area contributed by atoms with Crippen LogP contribution in [0.1, 0.15) is 5.69 Å². The number of benzene rings is 1. The highest BCUT2D eigenvalue weighted by molar-refractivity contribution is 5.78. The summed E-state index contributed by atoms with van der Waals surface area (Å²) in [5.41, 5.74) is 4.20. The van der Waals surface area contributed by atoms with Crippen LogP contribution in [0.5, 0.6) is 0 Å². The largest absolute Gasteiger partial charge is 0.324 e. The minimum Gasteiger partial charge on any atom is -0.324 e. The molecule has 0 radical (unpaired) electrons. The van der Waals surface area contributed by atoms with Crippen molar-refractivity contribution >= 4 is 5.65 Å². The molecule has 0 unspecified atom stereocenters. The molecule has 0 saturated carbocycles. The summed E-state index contributed by atoms with van der Waals surface area (Å²) in [6.07, 6.45) is 2.48. The first-order valence-corrected chi connectivity index (χ1v) is 8.06. The van der Waals surface area contributed by atoms with E-state index in [4.69, 9.17) is 0 Å². The first kappa shape index (κ1) is 16.4. The number of imidazole rings is 2. The van der Waals surface area contributed by atoms with Gasteiger partial charge in [0.15, 0.2) is 0 Å². The van der Waals surface area contributed by atoms with Crippen LogP contribution in [0.15, 0.2) is 55.1 Å². The standard InChI is InChI=1S/C19H15F3N4/c1-12-8-23-17-7-4-14(9-26(12)17)19-18(13-2-5-15(20)6-3-13)24-11-25(19)10-16(21)22/h2-9,11,16H,10H2,1H3. The lowest BCUT2D eigenvalue weighted by atomic mass is 10.1. The summed E-state index contributed by atoms with van der Waals surface area (Å²) in [4.78, 5) is 8.60. The number of hydrogen-bond donors (Lipinski definition) is 0. The number of hydrogen-bond acceptors (Lipinski definition) is 2. The van der Waals surface area contributed by atoms with Crippen LogP contribution < -0.4 is 0 Å². The molecule has 3 aromatic heterocycles. The topological polar surface area (TPSA) is 35.1 Å². The molecule has 0 spiro atoms. The molecule has 4 nitrogen and oxygen atoms in total. The fourth-order valence-electron chi connectivity index (χ4n) is 3.03. The van der Waals surface area contributed by atoms with Gasteiger partial charge in [0.1, 0.15) is 11.5 Å². The molecule has 0 N–H and O–H groups in total. The summed E-state index contributed by atoms with van der Waals surface area (Å²) < 4.78 is 42.6. The summed E-state index contributed by atoms with van der Waals surface area (Å²) in [7, 11) is 0. The Bertz CT molecular complexity index is 1060. The fourth-order valence-corrected chi connectivity index (χ4v) is 3.03. The number of rotatable bonds is 4. The SMILES string of the molecule is Cc1cnc2ccc(-c3c(-c4ccc(F)cc4)ncn3CC(F)F)cn12. The van der Waals surface area contributed by atoms with Crippen LogP contribution in [-0.4, -0.2) is 25.4 Å². The molecule has 26 heavy (non-hydrogen) atoms. The van der Waals surface area contributed by atoms with Crippen LogP contribution in [0.4, 0.5) is 13.2 Å². The van der Waals surface area contributed by atoms with Gasteiger partial charge in [0.2, 0.25) is 0 Å². The molecule has 0 atom stereocenters. The summed E-state index contributed by atoms with van der Waals surface area (Å²) in [6.45, 7) is 1.45. The molecule has 0 bridgehead atoms. The average molecular weight is 356 g/mol. The molecule has 0 saturated heterocycles. The summed E-state index contributed by atoms with van der Waals surface area (Å²) >= 11 is 0. The highest BCUT2D eigenvalue weighted by atomic mass is 19.3. The maximum atomic E-state index is 13.3. The molecule has 3 heterocycles. The van der Waals surface area contributed by atoms with Gasteiger partial charge in [-0.2, -0.15) is 0 Å². The Labute approximate surface area is 147 Å². The molecule has 0 aliphatic carbocycles. The molecular weight excluding hydrogens is 341 g/mol. The van der Waals surface area contributed by atoms with Crippen molar-refractivity contribution in [3.8, 4) is 22.5 Å². The Morgan fingerprint density at radius 2 is 1.73 bits per heavy atom. The lowest BCUT2D eigenvalue weighted by Crippen LogP contribution is -2.07. The van der Waals surface area contributed by atoms with E-state index in [9.17, 15) is 13.2 Å². The van der Waals surface area contributed by atoms with Gasteiger partial charge in [-0.1, -0.05) is 0 Å². The molecule has 132 valence electrons. The number of pyridine rings is 1. The molecule has 4 rings (SSSR count). The van der Waals surface area contributed by atoms with Crippen molar-refractivity contribution in [2.75, 3.05) is 0 Å². The van der Waals surface area contributed by atoms with Crippen LogP contribution in [-0.2, 0) is 6.54 Å². The van der Waals surface area contributed by atoms with Crippen molar-refractivity contribution in [1.29, 1.82) is 0 Å². The summed E-state index contributed by atoms with van der Waals surface area (Å²) in [5, 5.41) is 0. The Hall–Kier alpha value is -3.09. The molecular formula is C19H15F3N4. The van der Waals surface area contributed by atoms with E-state index in [1.165, 1.54) is 23.0 Å². The van der Waals surface area contributed by atoms with Gasteiger partial charge >= 0.3 is 0 Å². The zero-order valence-electron chi connectivity index (χ0n) is 13.9. The Kier molecular flexibility index (Phi) is 3.99. The van der Waals surface area contributed by atoms with Gasteiger partial charge in [0.05, 0.1) is 24.3 Å². The van der Waals surface area contributed by atoms with Gasteiger partial charge in [-0.15, -0.1) is 0 Å². The smallest absolute Gasteiger partial charge is 0.256 e. The van der Waals surface area contributed by atoms with Crippen molar-refractivity contribution in [3.05, 3.63) is 66.6 Å². The third-order valence-corrected chi connectivity index (χ3v) is 4.25. The highest BCUT2D eigenvalue weighted by Crippen LogP contribution is 2.32. The fraction of sp³-hybridized carbons (Fsp3) is 0.158. The third kappa shape index (κ3) is 2.85. The maximum absolute atomic E-state index is 13.3. The second kappa shape index (κ2) is 6.33. The van der Waals surface area contributed by atoms with Gasteiger partial charge in [0.25, 0.3) is 6.43 Å². The molecule has 4 aromatic rings. The van der Waals surface area contributed by atoms with Crippen molar-refractivity contribution in [2.45, 2.75) is 19.9 Å².